The average molecular weight is 495 g/mol. The van der Waals surface area contributed by atoms with Gasteiger partial charge in [-0.2, -0.15) is 10.2 Å². The monoisotopic (exact) mass is 495 g/mol. The second-order valence-corrected chi connectivity index (χ2v) is 10.00. The summed E-state index contributed by atoms with van der Waals surface area (Å²) in [6.07, 6.45) is -2.45. The molecule has 0 saturated carbocycles. The SMILES string of the molecule is CCC1OC(n2cc3ccc(=O)[nH]c3nc2=O)C(F)C1OP(OCCC#N)N(C(C)C)C(C)C. The number of aromatic nitrogens is 3. The molecule has 1 N–H and O–H groups in total. The molecule has 186 valence electrons. The lowest BCUT2D eigenvalue weighted by atomic mass is 10.1. The quantitative estimate of drug-likeness (QED) is 0.393. The largest absolute Gasteiger partial charge is 0.351 e. The number of hydrogen-bond donors (Lipinski definition) is 1. The van der Waals surface area contributed by atoms with Gasteiger partial charge in [0.05, 0.1) is 25.2 Å². The van der Waals surface area contributed by atoms with E-state index in [2.05, 4.69) is 9.97 Å². The van der Waals surface area contributed by atoms with Gasteiger partial charge in [-0.05, 0) is 40.2 Å². The molecule has 5 unspecified atom stereocenters. The van der Waals surface area contributed by atoms with Crippen LogP contribution in [0.3, 0.4) is 0 Å². The van der Waals surface area contributed by atoms with E-state index < -0.39 is 38.8 Å². The van der Waals surface area contributed by atoms with Crippen LogP contribution < -0.4 is 11.2 Å². The summed E-state index contributed by atoms with van der Waals surface area (Å²) in [5, 5.41) is 9.38. The number of hydrogen-bond acceptors (Lipinski definition) is 8. The minimum absolute atomic E-state index is 0.0546. The van der Waals surface area contributed by atoms with Crippen molar-refractivity contribution in [2.24, 2.45) is 0 Å². The molecule has 0 bridgehead atoms. The van der Waals surface area contributed by atoms with Gasteiger partial charge in [-0.25, -0.2) is 13.9 Å². The van der Waals surface area contributed by atoms with E-state index in [1.807, 2.05) is 45.4 Å². The molecule has 3 heterocycles. The molecule has 10 nitrogen and oxygen atoms in total. The predicted molar refractivity (Wildman–Crippen MR) is 126 cm³/mol. The molecular formula is C22H31FN5O5P. The molecule has 5 atom stereocenters. The van der Waals surface area contributed by atoms with E-state index in [-0.39, 0.29) is 36.3 Å². The maximum Gasteiger partial charge on any atom is 0.351 e. The number of aromatic amines is 1. The van der Waals surface area contributed by atoms with Crippen LogP contribution >= 0.6 is 8.53 Å². The zero-order valence-corrected chi connectivity index (χ0v) is 20.9. The number of alkyl halides is 1. The first-order valence-electron chi connectivity index (χ1n) is 11.3. The number of halogens is 1. The third-order valence-corrected chi connectivity index (χ3v) is 7.58. The molecule has 0 radical (unpaired) electrons. The Hall–Kier alpha value is -2.22. The second kappa shape index (κ2) is 11.5. The Bertz CT molecular complexity index is 1130. The van der Waals surface area contributed by atoms with E-state index in [4.69, 9.17) is 19.0 Å². The Labute approximate surface area is 198 Å². The fraction of sp³-hybridized carbons (Fsp3) is 0.636. The van der Waals surface area contributed by atoms with Gasteiger partial charge in [0.1, 0.15) is 11.8 Å². The molecule has 0 spiro atoms. The van der Waals surface area contributed by atoms with Gasteiger partial charge in [0.2, 0.25) is 5.56 Å². The van der Waals surface area contributed by atoms with Crippen LogP contribution in [-0.4, -0.2) is 56.3 Å². The summed E-state index contributed by atoms with van der Waals surface area (Å²) in [5.41, 5.74) is -1.00. The first-order valence-corrected chi connectivity index (χ1v) is 12.5. The van der Waals surface area contributed by atoms with Crippen molar-refractivity contribution in [1.82, 2.24) is 19.2 Å². The summed E-state index contributed by atoms with van der Waals surface area (Å²) >= 11 is 0. The van der Waals surface area contributed by atoms with Crippen LogP contribution in [0, 0.1) is 11.3 Å². The van der Waals surface area contributed by atoms with Crippen molar-refractivity contribution >= 4 is 19.6 Å². The van der Waals surface area contributed by atoms with Gasteiger partial charge in [0, 0.05) is 29.7 Å². The molecule has 34 heavy (non-hydrogen) atoms. The fourth-order valence-corrected chi connectivity index (χ4v) is 5.75. The second-order valence-electron chi connectivity index (χ2n) is 8.59. The van der Waals surface area contributed by atoms with E-state index in [9.17, 15) is 9.59 Å². The smallest absolute Gasteiger partial charge is 0.349 e. The van der Waals surface area contributed by atoms with Gasteiger partial charge in [-0.15, -0.1) is 0 Å². The molecule has 2 aromatic rings. The van der Waals surface area contributed by atoms with Crippen LogP contribution in [0.15, 0.2) is 27.9 Å². The first-order chi connectivity index (χ1) is 16.2. The predicted octanol–water partition coefficient (Wildman–Crippen LogP) is 3.39. The summed E-state index contributed by atoms with van der Waals surface area (Å²) < 4.78 is 37.0. The lowest BCUT2D eigenvalue weighted by Gasteiger charge is -2.37. The maximum absolute atomic E-state index is 15.8. The van der Waals surface area contributed by atoms with E-state index in [1.54, 1.807) is 0 Å². The third-order valence-electron chi connectivity index (χ3n) is 5.45. The number of fused-ring (bicyclic) bond motifs is 1. The third kappa shape index (κ3) is 5.70. The normalized spacial score (nSPS) is 23.8. The number of pyridine rings is 1. The van der Waals surface area contributed by atoms with E-state index >= 15 is 4.39 Å². The summed E-state index contributed by atoms with van der Waals surface area (Å²) in [6, 6.07) is 4.97. The fourth-order valence-electron chi connectivity index (χ4n) is 3.98. The molecule has 1 fully saturated rings. The molecule has 0 aliphatic carbocycles. The van der Waals surface area contributed by atoms with Crippen LogP contribution in [0.5, 0.6) is 0 Å². The Kier molecular flexibility index (Phi) is 8.90. The summed E-state index contributed by atoms with van der Waals surface area (Å²) in [5.74, 6) is 0. The molecule has 12 heteroatoms. The molecule has 3 rings (SSSR count). The molecule has 2 aromatic heterocycles. The van der Waals surface area contributed by atoms with E-state index in [0.717, 1.165) is 4.57 Å². The maximum atomic E-state index is 15.8. The molecule has 1 aliphatic heterocycles. The Morgan fingerprint density at radius 3 is 2.65 bits per heavy atom. The number of nitrogens with zero attached hydrogens (tertiary/aromatic N) is 4. The Morgan fingerprint density at radius 1 is 1.32 bits per heavy atom. The highest BCUT2D eigenvalue weighted by Gasteiger charge is 2.49. The highest BCUT2D eigenvalue weighted by molar-refractivity contribution is 7.44. The van der Waals surface area contributed by atoms with E-state index in [1.165, 1.54) is 18.3 Å². The highest BCUT2D eigenvalue weighted by atomic mass is 31.2. The molecular weight excluding hydrogens is 464 g/mol. The zero-order valence-electron chi connectivity index (χ0n) is 20.0. The average Bonchev–Trinajstić information content (AvgIpc) is 3.08. The standard InChI is InChI=1S/C22H31FN5O5P/c1-6-16-19(33-34(31-11-7-10-24)28(13(2)3)14(4)5)18(23)21(32-16)27-12-15-8-9-17(29)25-20(15)26-22(27)30/h8-9,12-14,16,18-19,21H,6-7,11H2,1-5H3,(H,25,26,29,30). The summed E-state index contributed by atoms with van der Waals surface area (Å²) in [7, 11) is -1.69. The topological polar surface area (TPSA) is 122 Å². The Morgan fingerprint density at radius 2 is 2.03 bits per heavy atom. The highest BCUT2D eigenvalue weighted by Crippen LogP contribution is 2.50. The van der Waals surface area contributed by atoms with Crippen LogP contribution in [0.4, 0.5) is 4.39 Å². The number of H-pyrrole nitrogens is 1. The van der Waals surface area contributed by atoms with Gasteiger partial charge in [0.15, 0.2) is 12.4 Å². The van der Waals surface area contributed by atoms with Crippen molar-refractivity contribution in [3.63, 3.8) is 0 Å². The van der Waals surface area contributed by atoms with Crippen molar-refractivity contribution in [3.8, 4) is 6.07 Å². The van der Waals surface area contributed by atoms with Crippen molar-refractivity contribution in [2.75, 3.05) is 6.61 Å². The summed E-state index contributed by atoms with van der Waals surface area (Å²) in [4.78, 5) is 30.5. The Balaban J connectivity index is 1.91. The number of rotatable bonds is 10. The lowest BCUT2D eigenvalue weighted by Crippen LogP contribution is -2.38. The van der Waals surface area contributed by atoms with Crippen molar-refractivity contribution in [2.45, 2.75) is 84.2 Å². The van der Waals surface area contributed by atoms with Gasteiger partial charge in [0.25, 0.3) is 8.53 Å². The minimum atomic E-state index is -1.69. The van der Waals surface area contributed by atoms with Gasteiger partial charge >= 0.3 is 5.69 Å². The molecule has 1 aliphatic rings. The van der Waals surface area contributed by atoms with Crippen molar-refractivity contribution < 1.29 is 18.2 Å². The minimum Gasteiger partial charge on any atom is -0.349 e. The number of ether oxygens (including phenoxy) is 1. The molecule has 0 aromatic carbocycles. The van der Waals surface area contributed by atoms with Gasteiger partial charge in [-0.3, -0.25) is 9.36 Å². The van der Waals surface area contributed by atoms with Gasteiger partial charge in [-0.1, -0.05) is 6.92 Å². The number of nitriles is 1. The molecule has 0 amide bonds. The van der Waals surface area contributed by atoms with E-state index in [0.29, 0.717) is 11.8 Å². The number of nitrogens with one attached hydrogen (secondary N) is 1. The lowest BCUT2D eigenvalue weighted by molar-refractivity contribution is -0.0270. The van der Waals surface area contributed by atoms with Crippen molar-refractivity contribution in [1.29, 1.82) is 5.26 Å². The van der Waals surface area contributed by atoms with Crippen LogP contribution in [-0.2, 0) is 13.8 Å². The molecule has 1 saturated heterocycles. The van der Waals surface area contributed by atoms with Crippen molar-refractivity contribution in [3.05, 3.63) is 39.2 Å². The van der Waals surface area contributed by atoms with Crippen LogP contribution in [0.25, 0.3) is 11.0 Å². The van der Waals surface area contributed by atoms with Crippen LogP contribution in [0.2, 0.25) is 0 Å². The first kappa shape index (κ1) is 26.4. The van der Waals surface area contributed by atoms with Gasteiger partial charge < -0.3 is 18.8 Å². The van der Waals surface area contributed by atoms with Crippen LogP contribution in [0.1, 0.15) is 53.7 Å². The zero-order chi connectivity index (χ0) is 25.0. The summed E-state index contributed by atoms with van der Waals surface area (Å²) in [6.45, 7) is 9.99.